The predicted octanol–water partition coefficient (Wildman–Crippen LogP) is 6.96. The van der Waals surface area contributed by atoms with Gasteiger partial charge in [0, 0.05) is 0 Å². The second-order valence-corrected chi connectivity index (χ2v) is 7.00. The maximum Gasteiger partial charge on any atom is 0.460 e. The van der Waals surface area contributed by atoms with Crippen molar-refractivity contribution in [2.75, 3.05) is 6.61 Å². The Morgan fingerprint density at radius 1 is 0.657 bits per heavy atom. The highest BCUT2D eigenvalue weighted by Crippen LogP contribution is 2.62. The van der Waals surface area contributed by atoms with E-state index in [9.17, 15) is 75.4 Å². The Morgan fingerprint density at radius 3 is 1.51 bits per heavy atom. The van der Waals surface area contributed by atoms with Crippen LogP contribution in [0.2, 0.25) is 0 Å². The summed E-state index contributed by atoms with van der Waals surface area (Å²) in [5.41, 5.74) is -6.99. The molecule has 1 N–H and O–H groups in total. The van der Waals surface area contributed by atoms with Gasteiger partial charge in [-0.3, -0.25) is 0 Å². The van der Waals surface area contributed by atoms with Crippen molar-refractivity contribution in [2.24, 2.45) is 0 Å². The Morgan fingerprint density at radius 2 is 1.11 bits per heavy atom. The van der Waals surface area contributed by atoms with Crippen molar-refractivity contribution < 1.29 is 80.1 Å². The molecule has 18 heteroatoms. The van der Waals surface area contributed by atoms with E-state index in [1.54, 1.807) is 0 Å². The van der Waals surface area contributed by atoms with E-state index in [0.29, 0.717) is 6.07 Å². The summed E-state index contributed by atoms with van der Waals surface area (Å²) < 4.78 is 217. The molecule has 0 amide bonds. The quantitative estimate of drug-likeness (QED) is 0.336. The Bertz CT molecular complexity index is 889. The van der Waals surface area contributed by atoms with Crippen LogP contribution in [0.1, 0.15) is 18.9 Å². The first kappa shape index (κ1) is 30.9. The number of halogens is 16. The van der Waals surface area contributed by atoms with Crippen molar-refractivity contribution in [3.05, 3.63) is 29.8 Å². The molecule has 0 fully saturated rings. The number of hydrogen-bond donors (Lipinski definition) is 1. The van der Waals surface area contributed by atoms with Crippen LogP contribution < -0.4 is 4.74 Å². The van der Waals surface area contributed by atoms with Crippen molar-refractivity contribution in [1.29, 1.82) is 0 Å². The molecule has 1 aromatic carbocycles. The lowest BCUT2D eigenvalue weighted by Crippen LogP contribution is -2.70. The SMILES string of the molecule is CCOc1cccc(C(O)(CC(F)(F)C(F)(F)C(F)(F)C(F)(F)C(F)(F)C(F)(F)F)C(F)(F)F)c1. The van der Waals surface area contributed by atoms with Gasteiger partial charge in [0.1, 0.15) is 5.75 Å². The van der Waals surface area contributed by atoms with Gasteiger partial charge < -0.3 is 9.84 Å². The summed E-state index contributed by atoms with van der Waals surface area (Å²) in [5, 5.41) is 9.81. The molecule has 0 aliphatic carbocycles. The molecular weight excluding hydrogens is 540 g/mol. The lowest BCUT2D eigenvalue weighted by Gasteiger charge is -2.42. The number of hydrogen-bond acceptors (Lipinski definition) is 2. The molecule has 2 nitrogen and oxygen atoms in total. The number of benzene rings is 1. The molecule has 0 saturated carbocycles. The third-order valence-electron chi connectivity index (χ3n) is 4.57. The molecule has 1 rings (SSSR count). The van der Waals surface area contributed by atoms with E-state index >= 15 is 0 Å². The highest BCUT2D eigenvalue weighted by Gasteiger charge is 2.91. The van der Waals surface area contributed by atoms with Crippen LogP contribution >= 0.6 is 0 Å². The molecular formula is C17H12F16O2. The van der Waals surface area contributed by atoms with Gasteiger partial charge in [0.05, 0.1) is 13.0 Å². The fourth-order valence-electron chi connectivity index (χ4n) is 2.61. The topological polar surface area (TPSA) is 29.5 Å². The lowest BCUT2D eigenvalue weighted by atomic mass is 9.82. The molecule has 1 atom stereocenters. The molecule has 204 valence electrons. The van der Waals surface area contributed by atoms with Gasteiger partial charge in [-0.05, 0) is 24.6 Å². The minimum atomic E-state index is -8.29. The van der Waals surface area contributed by atoms with Gasteiger partial charge in [-0.1, -0.05) is 12.1 Å². The Kier molecular flexibility index (Phi) is 7.73. The van der Waals surface area contributed by atoms with E-state index < -0.39 is 65.3 Å². The minimum absolute atomic E-state index is 0.135. The first-order valence-electron chi connectivity index (χ1n) is 8.73. The monoisotopic (exact) mass is 552 g/mol. The maximum absolute atomic E-state index is 14.1. The highest BCUT2D eigenvalue weighted by atomic mass is 19.4. The molecule has 0 spiro atoms. The fourth-order valence-corrected chi connectivity index (χ4v) is 2.61. The normalized spacial score (nSPS) is 16.7. The molecule has 0 heterocycles. The zero-order valence-corrected chi connectivity index (χ0v) is 16.6. The van der Waals surface area contributed by atoms with Crippen LogP contribution in [0.5, 0.6) is 5.75 Å². The van der Waals surface area contributed by atoms with E-state index in [1.165, 1.54) is 6.92 Å². The van der Waals surface area contributed by atoms with Crippen LogP contribution in [0.4, 0.5) is 70.2 Å². The van der Waals surface area contributed by atoms with Gasteiger partial charge in [-0.15, -0.1) is 0 Å². The van der Waals surface area contributed by atoms with E-state index in [0.717, 1.165) is 6.07 Å². The zero-order valence-electron chi connectivity index (χ0n) is 16.6. The molecule has 1 aromatic rings. The van der Waals surface area contributed by atoms with E-state index in [1.807, 2.05) is 0 Å². The summed E-state index contributed by atoms with van der Waals surface area (Å²) in [7, 11) is 0. The second-order valence-electron chi connectivity index (χ2n) is 7.00. The van der Waals surface area contributed by atoms with E-state index in [4.69, 9.17) is 4.74 Å². The molecule has 0 aliphatic rings. The third-order valence-corrected chi connectivity index (χ3v) is 4.57. The summed E-state index contributed by atoms with van der Waals surface area (Å²) in [6.45, 7) is 0.979. The van der Waals surface area contributed by atoms with Crippen LogP contribution in [0, 0.1) is 0 Å². The minimum Gasteiger partial charge on any atom is -0.494 e. The average Bonchev–Trinajstić information content (AvgIpc) is 2.65. The van der Waals surface area contributed by atoms with Crippen molar-refractivity contribution in [2.45, 2.75) is 60.9 Å². The lowest BCUT2D eigenvalue weighted by molar-refractivity contribution is -0.443. The van der Waals surface area contributed by atoms with Crippen molar-refractivity contribution in [3.63, 3.8) is 0 Å². The zero-order chi connectivity index (χ0) is 28.1. The Labute approximate surface area is 184 Å². The van der Waals surface area contributed by atoms with Crippen molar-refractivity contribution in [3.8, 4) is 5.75 Å². The fraction of sp³-hybridized carbons (Fsp3) is 0.647. The molecule has 0 aliphatic heterocycles. The van der Waals surface area contributed by atoms with E-state index in [2.05, 4.69) is 0 Å². The Balaban J connectivity index is 3.68. The predicted molar refractivity (Wildman–Crippen MR) is 83.0 cm³/mol. The average molecular weight is 552 g/mol. The molecule has 1 unspecified atom stereocenters. The summed E-state index contributed by atoms with van der Waals surface area (Å²) >= 11 is 0. The summed E-state index contributed by atoms with van der Waals surface area (Å²) in [5.74, 6) is -40.4. The molecule has 0 bridgehead atoms. The third kappa shape index (κ3) is 4.81. The van der Waals surface area contributed by atoms with Crippen LogP contribution in [-0.2, 0) is 5.60 Å². The van der Waals surface area contributed by atoms with Crippen LogP contribution in [0.15, 0.2) is 24.3 Å². The largest absolute Gasteiger partial charge is 0.494 e. The molecule has 0 radical (unpaired) electrons. The van der Waals surface area contributed by atoms with Crippen LogP contribution in [0.3, 0.4) is 0 Å². The Hall–Kier alpha value is -2.14. The van der Waals surface area contributed by atoms with Gasteiger partial charge in [0.25, 0.3) is 0 Å². The first-order valence-corrected chi connectivity index (χ1v) is 8.73. The highest BCUT2D eigenvalue weighted by molar-refractivity contribution is 5.34. The number of alkyl halides is 16. The number of rotatable bonds is 9. The van der Waals surface area contributed by atoms with Gasteiger partial charge >= 0.3 is 42.0 Å². The summed E-state index contributed by atoms with van der Waals surface area (Å²) in [4.78, 5) is 0. The molecule has 35 heavy (non-hydrogen) atoms. The summed E-state index contributed by atoms with van der Waals surface area (Å²) in [6, 6.07) is 1.75. The second kappa shape index (κ2) is 8.76. The standard InChI is InChI=1S/C17H12F16O2/c1-2-35-9-5-3-4-8(6-9)10(34,16(28,29)30)7-11(18,19)12(20,21)13(22,23)14(24,25)15(26,27)17(31,32)33/h3-6,34H,2,7H2,1H3. The number of ether oxygens (including phenoxy) is 1. The van der Waals surface area contributed by atoms with Crippen molar-refractivity contribution >= 4 is 0 Å². The molecule has 0 saturated heterocycles. The first-order chi connectivity index (χ1) is 15.2. The van der Waals surface area contributed by atoms with Gasteiger partial charge in [-0.2, -0.15) is 70.2 Å². The summed E-state index contributed by atoms with van der Waals surface area (Å²) in [6.07, 6.45) is -18.0. The van der Waals surface area contributed by atoms with Crippen molar-refractivity contribution in [1.82, 2.24) is 0 Å². The van der Waals surface area contributed by atoms with Gasteiger partial charge in [0.2, 0.25) is 0 Å². The van der Waals surface area contributed by atoms with E-state index in [-0.39, 0.29) is 18.7 Å². The maximum atomic E-state index is 14.1. The van der Waals surface area contributed by atoms with Crippen LogP contribution in [0.25, 0.3) is 0 Å². The smallest absolute Gasteiger partial charge is 0.460 e. The van der Waals surface area contributed by atoms with Crippen LogP contribution in [-0.4, -0.2) is 53.7 Å². The van der Waals surface area contributed by atoms with Gasteiger partial charge in [-0.25, -0.2) is 0 Å². The van der Waals surface area contributed by atoms with Gasteiger partial charge in [0.15, 0.2) is 5.60 Å². The molecule has 0 aromatic heterocycles. The number of aliphatic hydroxyl groups is 1.